The maximum Gasteiger partial charge on any atom is 0.408 e. The lowest BCUT2D eigenvalue weighted by Gasteiger charge is -2.24. The molecule has 3 aromatic carbocycles. The highest BCUT2D eigenvalue weighted by atomic mass is 35.5. The highest BCUT2D eigenvalue weighted by Crippen LogP contribution is 2.25. The number of unbranched alkanes of at least 4 members (excludes halogenated alkanes) is 1. The third-order valence-electron chi connectivity index (χ3n) is 6.64. The number of rotatable bonds is 16. The van der Waals surface area contributed by atoms with Crippen molar-refractivity contribution in [2.75, 3.05) is 13.7 Å². The average molecular weight is 610 g/mol. The van der Waals surface area contributed by atoms with Crippen molar-refractivity contribution >= 4 is 29.7 Å². The van der Waals surface area contributed by atoms with Crippen molar-refractivity contribution < 1.29 is 28.6 Å². The second-order valence-corrected chi connectivity index (χ2v) is 10.6. The van der Waals surface area contributed by atoms with E-state index in [9.17, 15) is 14.4 Å². The zero-order chi connectivity index (χ0) is 30.9. The fourth-order valence-electron chi connectivity index (χ4n) is 4.27. The van der Waals surface area contributed by atoms with E-state index in [1.165, 1.54) is 0 Å². The first-order valence-electron chi connectivity index (χ1n) is 14.3. The van der Waals surface area contributed by atoms with Gasteiger partial charge in [0.05, 0.1) is 12.0 Å². The predicted molar refractivity (Wildman–Crippen MR) is 165 cm³/mol. The van der Waals surface area contributed by atoms with Gasteiger partial charge in [0.2, 0.25) is 5.91 Å². The third kappa shape index (κ3) is 12.4. The summed E-state index contributed by atoms with van der Waals surface area (Å²) in [6, 6.07) is 25.1. The van der Waals surface area contributed by atoms with E-state index < -0.39 is 29.6 Å². The standard InChI is InChI=1S/C33H40ClN3O6/c1-24(30(34)28-18-16-27(17-19-28)21-41-2)36-31(38)29(37-33(40)43-23-26-13-7-4-8-14-26)15-9-10-20-35-32(39)42-22-25-11-5-3-6-12-25/h3-8,11-14,16-19,24,29-30H,9-10,15,20-23H2,1-2H3,(H,35,39)(H,36,38)(H,37,40). The van der Waals surface area contributed by atoms with E-state index in [1.807, 2.05) is 91.9 Å². The van der Waals surface area contributed by atoms with Crippen molar-refractivity contribution in [2.24, 2.45) is 0 Å². The van der Waals surface area contributed by atoms with Gasteiger partial charge in [0.1, 0.15) is 19.3 Å². The van der Waals surface area contributed by atoms with E-state index in [0.717, 1.165) is 22.3 Å². The van der Waals surface area contributed by atoms with Crippen molar-refractivity contribution in [1.82, 2.24) is 16.0 Å². The van der Waals surface area contributed by atoms with Crippen LogP contribution in [-0.4, -0.2) is 43.8 Å². The molecule has 3 rings (SSSR count). The van der Waals surface area contributed by atoms with Gasteiger partial charge in [-0.2, -0.15) is 0 Å². The molecule has 0 aliphatic heterocycles. The number of hydrogen-bond acceptors (Lipinski definition) is 6. The van der Waals surface area contributed by atoms with E-state index >= 15 is 0 Å². The summed E-state index contributed by atoms with van der Waals surface area (Å²) in [4.78, 5) is 37.9. The summed E-state index contributed by atoms with van der Waals surface area (Å²) in [6.07, 6.45) is 0.244. The van der Waals surface area contributed by atoms with Crippen LogP contribution >= 0.6 is 11.6 Å². The molecule has 3 atom stereocenters. The van der Waals surface area contributed by atoms with Crippen LogP contribution in [0.3, 0.4) is 0 Å². The van der Waals surface area contributed by atoms with E-state index in [2.05, 4.69) is 16.0 Å². The van der Waals surface area contributed by atoms with Gasteiger partial charge in [0.25, 0.3) is 0 Å². The fourth-order valence-corrected chi connectivity index (χ4v) is 4.47. The van der Waals surface area contributed by atoms with E-state index in [0.29, 0.717) is 32.4 Å². The van der Waals surface area contributed by atoms with Gasteiger partial charge in [-0.1, -0.05) is 84.9 Å². The maximum atomic E-state index is 13.3. The fraction of sp³-hybridized carbons (Fsp3) is 0.364. The minimum absolute atomic E-state index is 0.0786. The van der Waals surface area contributed by atoms with Crippen LogP contribution in [0.4, 0.5) is 9.59 Å². The number of alkyl halides is 1. The Kier molecular flexibility index (Phi) is 14.3. The minimum atomic E-state index is -0.858. The molecule has 9 nitrogen and oxygen atoms in total. The molecule has 43 heavy (non-hydrogen) atoms. The SMILES string of the molecule is COCc1ccc(C(Cl)C(C)NC(=O)C(CCCCNC(=O)OCc2ccccc2)NC(=O)OCc2ccccc2)cc1. The van der Waals surface area contributed by atoms with E-state index in [1.54, 1.807) is 7.11 Å². The Hall–Kier alpha value is -4.08. The minimum Gasteiger partial charge on any atom is -0.445 e. The van der Waals surface area contributed by atoms with E-state index in [4.69, 9.17) is 25.8 Å². The summed E-state index contributed by atoms with van der Waals surface area (Å²) < 4.78 is 15.7. The van der Waals surface area contributed by atoms with Gasteiger partial charge in [-0.05, 0) is 48.4 Å². The van der Waals surface area contributed by atoms with E-state index in [-0.39, 0.29) is 19.1 Å². The summed E-state index contributed by atoms with van der Waals surface area (Å²) in [5.41, 5.74) is 3.60. The first-order valence-corrected chi connectivity index (χ1v) is 14.7. The van der Waals surface area contributed by atoms with Crippen LogP contribution in [0.5, 0.6) is 0 Å². The number of nitrogens with one attached hydrogen (secondary N) is 3. The lowest BCUT2D eigenvalue weighted by Crippen LogP contribution is -2.50. The molecule has 0 aliphatic rings. The highest BCUT2D eigenvalue weighted by molar-refractivity contribution is 6.21. The van der Waals surface area contributed by atoms with Crippen LogP contribution in [-0.2, 0) is 38.8 Å². The second kappa shape index (κ2) is 18.5. The van der Waals surface area contributed by atoms with Gasteiger partial charge in [-0.15, -0.1) is 11.6 Å². The van der Waals surface area contributed by atoms with Gasteiger partial charge in [-0.25, -0.2) is 9.59 Å². The third-order valence-corrected chi connectivity index (χ3v) is 7.27. The van der Waals surface area contributed by atoms with Crippen LogP contribution < -0.4 is 16.0 Å². The molecule has 0 fully saturated rings. The quantitative estimate of drug-likeness (QED) is 0.135. The van der Waals surface area contributed by atoms with Crippen LogP contribution in [0.25, 0.3) is 0 Å². The lowest BCUT2D eigenvalue weighted by atomic mass is 10.0. The molecule has 3 N–H and O–H groups in total. The van der Waals surface area contributed by atoms with Crippen molar-refractivity contribution in [3.8, 4) is 0 Å². The number of halogens is 1. The number of ether oxygens (including phenoxy) is 3. The summed E-state index contributed by atoms with van der Waals surface area (Å²) in [5.74, 6) is -0.374. The van der Waals surface area contributed by atoms with Gasteiger partial charge >= 0.3 is 12.2 Å². The summed E-state index contributed by atoms with van der Waals surface area (Å²) in [6.45, 7) is 2.93. The first-order chi connectivity index (χ1) is 20.9. The van der Waals surface area contributed by atoms with Crippen LogP contribution in [0, 0.1) is 0 Å². The monoisotopic (exact) mass is 609 g/mol. The Morgan fingerprint density at radius 1 is 0.721 bits per heavy atom. The summed E-state index contributed by atoms with van der Waals surface area (Å²) in [5, 5.41) is 7.85. The normalized spacial score (nSPS) is 12.8. The van der Waals surface area contributed by atoms with Gasteiger partial charge in [0.15, 0.2) is 0 Å². The number of alkyl carbamates (subject to hydrolysis) is 2. The Morgan fingerprint density at radius 3 is 1.86 bits per heavy atom. The van der Waals surface area contributed by atoms with Gasteiger partial charge in [0, 0.05) is 19.7 Å². The Balaban J connectivity index is 1.50. The molecule has 0 aromatic heterocycles. The summed E-state index contributed by atoms with van der Waals surface area (Å²) in [7, 11) is 1.63. The number of benzene rings is 3. The highest BCUT2D eigenvalue weighted by Gasteiger charge is 2.25. The predicted octanol–water partition coefficient (Wildman–Crippen LogP) is 6.01. The average Bonchev–Trinajstić information content (AvgIpc) is 3.03. The molecular weight excluding hydrogens is 570 g/mol. The molecule has 0 saturated carbocycles. The summed E-state index contributed by atoms with van der Waals surface area (Å²) >= 11 is 6.69. The topological polar surface area (TPSA) is 115 Å². The molecule has 3 amide bonds. The zero-order valence-electron chi connectivity index (χ0n) is 24.6. The Morgan fingerprint density at radius 2 is 1.28 bits per heavy atom. The number of carbonyl (C=O) groups is 3. The Bertz CT molecular complexity index is 1260. The Labute approximate surface area is 258 Å². The first kappa shape index (κ1) is 33.4. The molecule has 0 spiro atoms. The molecule has 10 heteroatoms. The number of carbonyl (C=O) groups excluding carboxylic acids is 3. The molecule has 0 saturated heterocycles. The molecule has 0 heterocycles. The molecule has 3 unspecified atom stereocenters. The molecule has 0 aliphatic carbocycles. The smallest absolute Gasteiger partial charge is 0.408 e. The van der Waals surface area contributed by atoms with Crippen molar-refractivity contribution in [2.45, 2.75) is 63.5 Å². The van der Waals surface area contributed by atoms with Crippen LogP contribution in [0.1, 0.15) is 53.8 Å². The number of methoxy groups -OCH3 is 1. The van der Waals surface area contributed by atoms with Crippen molar-refractivity contribution in [3.05, 3.63) is 107 Å². The molecule has 0 radical (unpaired) electrons. The lowest BCUT2D eigenvalue weighted by molar-refractivity contribution is -0.123. The molecule has 0 bridgehead atoms. The molecule has 3 aromatic rings. The van der Waals surface area contributed by atoms with Crippen LogP contribution in [0.15, 0.2) is 84.9 Å². The van der Waals surface area contributed by atoms with Gasteiger partial charge < -0.3 is 30.2 Å². The molecule has 230 valence electrons. The second-order valence-electron chi connectivity index (χ2n) is 10.1. The van der Waals surface area contributed by atoms with Gasteiger partial charge in [-0.3, -0.25) is 4.79 Å². The number of amides is 3. The largest absolute Gasteiger partial charge is 0.445 e. The number of hydrogen-bond donors (Lipinski definition) is 3. The van der Waals surface area contributed by atoms with Crippen molar-refractivity contribution in [1.29, 1.82) is 0 Å². The zero-order valence-corrected chi connectivity index (χ0v) is 25.3. The molecular formula is C33H40ClN3O6. The van der Waals surface area contributed by atoms with Crippen LogP contribution in [0.2, 0.25) is 0 Å². The maximum absolute atomic E-state index is 13.3. The van der Waals surface area contributed by atoms with Crippen molar-refractivity contribution in [3.63, 3.8) is 0 Å².